The molecule has 1 atom stereocenters. The summed E-state index contributed by atoms with van der Waals surface area (Å²) in [4.78, 5) is 2.13. The maximum atomic E-state index is 10.3. The molecule has 1 aromatic carbocycles. The number of aliphatic hydroxyl groups is 1. The Balaban J connectivity index is 2.04. The summed E-state index contributed by atoms with van der Waals surface area (Å²) in [5.41, 5.74) is 1.07. The van der Waals surface area contributed by atoms with E-state index in [4.69, 9.17) is 13.9 Å². The van der Waals surface area contributed by atoms with E-state index in [0.717, 1.165) is 17.1 Å². The number of hydrogen-bond acceptors (Lipinski definition) is 5. The number of nitrogens with zero attached hydrogens (tertiary/aromatic N) is 1. The Hall–Kier alpha value is -1.82. The summed E-state index contributed by atoms with van der Waals surface area (Å²) in [5, 5.41) is 10.3. The second-order valence-corrected chi connectivity index (χ2v) is 6.10. The summed E-state index contributed by atoms with van der Waals surface area (Å²) in [7, 11) is 1.67. The SMILES string of the molecule is COc1ccccc1CN(Cc1ccco1)C[C@H](O)COC(C)C. The molecule has 132 valence electrons. The molecule has 0 unspecified atom stereocenters. The van der Waals surface area contributed by atoms with Crippen molar-refractivity contribution in [2.75, 3.05) is 20.3 Å². The molecule has 0 bridgehead atoms. The van der Waals surface area contributed by atoms with E-state index in [2.05, 4.69) is 4.90 Å². The molecule has 1 aromatic heterocycles. The van der Waals surface area contributed by atoms with E-state index >= 15 is 0 Å². The van der Waals surface area contributed by atoms with Crippen LogP contribution in [-0.2, 0) is 17.8 Å². The summed E-state index contributed by atoms with van der Waals surface area (Å²) in [6.07, 6.45) is 1.21. The molecule has 0 saturated heterocycles. The zero-order chi connectivity index (χ0) is 17.4. The van der Waals surface area contributed by atoms with Crippen molar-refractivity contribution in [3.05, 3.63) is 54.0 Å². The fraction of sp³-hybridized carbons (Fsp3) is 0.474. The summed E-state index contributed by atoms with van der Waals surface area (Å²) in [6, 6.07) is 11.7. The lowest BCUT2D eigenvalue weighted by atomic mass is 10.1. The summed E-state index contributed by atoms with van der Waals surface area (Å²) in [5.74, 6) is 1.71. The third-order valence-electron chi connectivity index (χ3n) is 3.64. The predicted molar refractivity (Wildman–Crippen MR) is 92.9 cm³/mol. The highest BCUT2D eigenvalue weighted by atomic mass is 16.5. The third kappa shape index (κ3) is 6.00. The lowest BCUT2D eigenvalue weighted by molar-refractivity contribution is -0.0114. The van der Waals surface area contributed by atoms with Gasteiger partial charge in [0.25, 0.3) is 0 Å². The van der Waals surface area contributed by atoms with Gasteiger partial charge in [-0.1, -0.05) is 18.2 Å². The van der Waals surface area contributed by atoms with Gasteiger partial charge in [0.15, 0.2) is 0 Å². The van der Waals surface area contributed by atoms with Gasteiger partial charge in [0.2, 0.25) is 0 Å². The molecule has 0 aliphatic heterocycles. The number of hydrogen-bond donors (Lipinski definition) is 1. The Morgan fingerprint density at radius 1 is 1.12 bits per heavy atom. The molecule has 5 heteroatoms. The number of rotatable bonds is 10. The first-order chi connectivity index (χ1) is 11.6. The van der Waals surface area contributed by atoms with Crippen molar-refractivity contribution in [1.82, 2.24) is 4.90 Å². The van der Waals surface area contributed by atoms with Gasteiger partial charge in [0, 0.05) is 18.7 Å². The minimum Gasteiger partial charge on any atom is -0.496 e. The van der Waals surface area contributed by atoms with E-state index in [-0.39, 0.29) is 6.10 Å². The monoisotopic (exact) mass is 333 g/mol. The van der Waals surface area contributed by atoms with Gasteiger partial charge < -0.3 is 19.0 Å². The fourth-order valence-electron chi connectivity index (χ4n) is 2.54. The van der Waals surface area contributed by atoms with Crippen molar-refractivity contribution >= 4 is 0 Å². The molecule has 1 heterocycles. The van der Waals surface area contributed by atoms with E-state index < -0.39 is 6.10 Å². The molecule has 24 heavy (non-hydrogen) atoms. The van der Waals surface area contributed by atoms with E-state index in [1.807, 2.05) is 50.2 Å². The lowest BCUT2D eigenvalue weighted by Crippen LogP contribution is -2.34. The average molecular weight is 333 g/mol. The highest BCUT2D eigenvalue weighted by Gasteiger charge is 2.16. The minimum absolute atomic E-state index is 0.104. The highest BCUT2D eigenvalue weighted by Crippen LogP contribution is 2.20. The summed E-state index contributed by atoms with van der Waals surface area (Å²) in [6.45, 7) is 6.00. The van der Waals surface area contributed by atoms with Crippen molar-refractivity contribution in [3.8, 4) is 5.75 Å². The number of benzene rings is 1. The van der Waals surface area contributed by atoms with E-state index in [9.17, 15) is 5.11 Å². The molecule has 2 aromatic rings. The molecule has 0 saturated carbocycles. The fourth-order valence-corrected chi connectivity index (χ4v) is 2.54. The molecule has 5 nitrogen and oxygen atoms in total. The van der Waals surface area contributed by atoms with Gasteiger partial charge in [-0.15, -0.1) is 0 Å². The number of para-hydroxylation sites is 1. The zero-order valence-corrected chi connectivity index (χ0v) is 14.6. The van der Waals surface area contributed by atoms with Gasteiger partial charge in [-0.3, -0.25) is 4.90 Å². The van der Waals surface area contributed by atoms with Crippen molar-refractivity contribution in [2.45, 2.75) is 39.1 Å². The average Bonchev–Trinajstić information content (AvgIpc) is 3.06. The van der Waals surface area contributed by atoms with Gasteiger partial charge in [0.05, 0.1) is 38.7 Å². The molecule has 1 N–H and O–H groups in total. The molecule has 0 aliphatic carbocycles. The summed E-state index contributed by atoms with van der Waals surface area (Å²) >= 11 is 0. The third-order valence-corrected chi connectivity index (χ3v) is 3.64. The normalized spacial score (nSPS) is 12.8. The van der Waals surface area contributed by atoms with Crippen LogP contribution in [0, 0.1) is 0 Å². The first kappa shape index (κ1) is 18.5. The topological polar surface area (TPSA) is 55.1 Å². The molecule has 0 aliphatic rings. The first-order valence-electron chi connectivity index (χ1n) is 8.24. The Morgan fingerprint density at radius 3 is 2.58 bits per heavy atom. The van der Waals surface area contributed by atoms with Crippen LogP contribution < -0.4 is 4.74 Å². The van der Waals surface area contributed by atoms with Crippen LogP contribution in [0.15, 0.2) is 47.1 Å². The van der Waals surface area contributed by atoms with Crippen molar-refractivity contribution in [1.29, 1.82) is 0 Å². The van der Waals surface area contributed by atoms with Crippen LogP contribution in [0.1, 0.15) is 25.2 Å². The van der Waals surface area contributed by atoms with Crippen LogP contribution in [0.5, 0.6) is 5.75 Å². The van der Waals surface area contributed by atoms with Crippen molar-refractivity contribution in [3.63, 3.8) is 0 Å². The first-order valence-corrected chi connectivity index (χ1v) is 8.24. The smallest absolute Gasteiger partial charge is 0.123 e. The number of aliphatic hydroxyl groups excluding tert-OH is 1. The van der Waals surface area contributed by atoms with Gasteiger partial charge in [-0.2, -0.15) is 0 Å². The molecule has 0 fully saturated rings. The molecule has 2 rings (SSSR count). The maximum absolute atomic E-state index is 10.3. The Bertz CT molecular complexity index is 583. The quantitative estimate of drug-likeness (QED) is 0.724. The molecular formula is C19H27NO4. The van der Waals surface area contributed by atoms with Crippen LogP contribution in [0.2, 0.25) is 0 Å². The second kappa shape index (κ2) is 9.47. The van der Waals surface area contributed by atoms with Crippen LogP contribution in [0.25, 0.3) is 0 Å². The van der Waals surface area contributed by atoms with E-state index in [0.29, 0.717) is 26.2 Å². The Morgan fingerprint density at radius 2 is 1.92 bits per heavy atom. The second-order valence-electron chi connectivity index (χ2n) is 6.10. The minimum atomic E-state index is -0.558. The van der Waals surface area contributed by atoms with E-state index in [1.165, 1.54) is 0 Å². The number of furan rings is 1. The Kier molecular flexibility index (Phi) is 7.31. The highest BCUT2D eigenvalue weighted by molar-refractivity contribution is 5.33. The molecule has 0 radical (unpaired) electrons. The zero-order valence-electron chi connectivity index (χ0n) is 14.6. The van der Waals surface area contributed by atoms with E-state index in [1.54, 1.807) is 13.4 Å². The number of methoxy groups -OCH3 is 1. The van der Waals surface area contributed by atoms with Gasteiger partial charge >= 0.3 is 0 Å². The van der Waals surface area contributed by atoms with Gasteiger partial charge in [-0.25, -0.2) is 0 Å². The maximum Gasteiger partial charge on any atom is 0.123 e. The van der Waals surface area contributed by atoms with Crippen LogP contribution >= 0.6 is 0 Å². The predicted octanol–water partition coefficient (Wildman–Crippen LogP) is 3.08. The summed E-state index contributed by atoms with van der Waals surface area (Å²) < 4.78 is 16.4. The van der Waals surface area contributed by atoms with Crippen molar-refractivity contribution < 1.29 is 19.0 Å². The van der Waals surface area contributed by atoms with Gasteiger partial charge in [-0.05, 0) is 32.0 Å². The number of ether oxygens (including phenoxy) is 2. The molecular weight excluding hydrogens is 306 g/mol. The lowest BCUT2D eigenvalue weighted by Gasteiger charge is -2.25. The van der Waals surface area contributed by atoms with Crippen LogP contribution in [0.3, 0.4) is 0 Å². The standard InChI is InChI=1S/C19H27NO4/c1-15(2)24-14-17(21)12-20(13-18-8-6-10-23-18)11-16-7-4-5-9-19(16)22-3/h4-10,15,17,21H,11-14H2,1-3H3/t17-/m0/s1. The Labute approximate surface area is 143 Å². The van der Waals surface area contributed by atoms with Crippen molar-refractivity contribution in [2.24, 2.45) is 0 Å². The molecule has 0 amide bonds. The largest absolute Gasteiger partial charge is 0.496 e. The molecule has 0 spiro atoms. The van der Waals surface area contributed by atoms with Gasteiger partial charge in [0.1, 0.15) is 11.5 Å². The van der Waals surface area contributed by atoms with Crippen LogP contribution in [-0.4, -0.2) is 42.5 Å². The van der Waals surface area contributed by atoms with Crippen LogP contribution in [0.4, 0.5) is 0 Å².